The molecule has 80 valence electrons. The van der Waals surface area contributed by atoms with Gasteiger partial charge in [0.15, 0.2) is 0 Å². The van der Waals surface area contributed by atoms with Crippen LogP contribution in [0.1, 0.15) is 11.7 Å². The van der Waals surface area contributed by atoms with Crippen molar-refractivity contribution in [2.75, 3.05) is 0 Å². The van der Waals surface area contributed by atoms with Gasteiger partial charge < -0.3 is 4.74 Å². The molecule has 0 spiro atoms. The van der Waals surface area contributed by atoms with E-state index in [0.29, 0.717) is 0 Å². The number of hydrogen-bond acceptors (Lipinski definition) is 2. The zero-order chi connectivity index (χ0) is 10.9. The summed E-state index contributed by atoms with van der Waals surface area (Å²) >= 11 is 0. The van der Waals surface area contributed by atoms with Crippen molar-refractivity contribution in [2.24, 2.45) is 0 Å². The van der Waals surface area contributed by atoms with Crippen molar-refractivity contribution in [3.8, 4) is 0 Å². The summed E-state index contributed by atoms with van der Waals surface area (Å²) in [5.74, 6) is 0. The Labute approximate surface area is 92.0 Å². The van der Waals surface area contributed by atoms with Crippen LogP contribution in [0.25, 0.3) is 0 Å². The lowest BCUT2D eigenvalue weighted by molar-refractivity contribution is 0.393. The quantitative estimate of drug-likeness (QED) is 0.577. The van der Waals surface area contributed by atoms with Crippen molar-refractivity contribution in [1.82, 2.24) is 4.98 Å². The van der Waals surface area contributed by atoms with Crippen molar-refractivity contribution in [3.63, 3.8) is 0 Å². The van der Waals surface area contributed by atoms with Gasteiger partial charge >= 0.3 is 0 Å². The molecule has 1 aliphatic rings. The molecule has 1 aliphatic heterocycles. The molecule has 1 saturated heterocycles. The molecule has 0 unspecified atom stereocenters. The molecule has 0 N–H and O–H groups in total. The zero-order valence-corrected chi connectivity index (χ0v) is 10.5. The minimum Gasteiger partial charge on any atom is -0.360 e. The van der Waals surface area contributed by atoms with Crippen LogP contribution < -0.4 is 0 Å². The van der Waals surface area contributed by atoms with Gasteiger partial charge in [-0.3, -0.25) is 4.98 Å². The number of pyridine rings is 1. The minimum absolute atomic E-state index is 0.242. The predicted octanol–water partition coefficient (Wildman–Crippen LogP) is 2.96. The van der Waals surface area contributed by atoms with Gasteiger partial charge in [0.05, 0.1) is 8.07 Å². The fraction of sp³-hybridized carbons (Fsp3) is 0.417. The summed E-state index contributed by atoms with van der Waals surface area (Å²) in [6.45, 7) is 6.97. The van der Waals surface area contributed by atoms with Crippen LogP contribution in [0.2, 0.25) is 19.6 Å². The summed E-state index contributed by atoms with van der Waals surface area (Å²) in [6.07, 6.45) is 6.41. The maximum Gasteiger partial charge on any atom is 0.115 e. The van der Waals surface area contributed by atoms with Crippen LogP contribution in [0.5, 0.6) is 0 Å². The Kier molecular flexibility index (Phi) is 2.76. The fourth-order valence-corrected chi connectivity index (χ4v) is 2.23. The second kappa shape index (κ2) is 3.91. The van der Waals surface area contributed by atoms with Gasteiger partial charge in [-0.1, -0.05) is 37.5 Å². The van der Waals surface area contributed by atoms with Crippen molar-refractivity contribution in [1.29, 1.82) is 0 Å². The molecular weight excluding hydrogens is 202 g/mol. The molecule has 1 fully saturated rings. The van der Waals surface area contributed by atoms with E-state index < -0.39 is 8.07 Å². The highest BCUT2D eigenvalue weighted by Crippen LogP contribution is 2.39. The molecule has 1 aromatic rings. The lowest BCUT2D eigenvalue weighted by Gasteiger charge is -2.06. The molecule has 0 amide bonds. The molecule has 2 nitrogen and oxygen atoms in total. The van der Waals surface area contributed by atoms with Gasteiger partial charge in [0.25, 0.3) is 0 Å². The van der Waals surface area contributed by atoms with Crippen molar-refractivity contribution in [3.05, 3.63) is 41.9 Å². The van der Waals surface area contributed by atoms with Crippen molar-refractivity contribution in [2.45, 2.75) is 31.8 Å². The van der Waals surface area contributed by atoms with E-state index >= 15 is 0 Å². The normalized spacial score (nSPS) is 25.8. The smallest absolute Gasteiger partial charge is 0.115 e. The van der Waals surface area contributed by atoms with Gasteiger partial charge in [-0.2, -0.15) is 0 Å². The maximum absolute atomic E-state index is 5.59. The summed E-state index contributed by atoms with van der Waals surface area (Å²) in [5.41, 5.74) is 3.52. The van der Waals surface area contributed by atoms with Crippen LogP contribution >= 0.6 is 0 Å². The van der Waals surface area contributed by atoms with Gasteiger partial charge in [-0.25, -0.2) is 0 Å². The summed E-state index contributed by atoms with van der Waals surface area (Å²) in [6, 6.07) is 4.02. The first-order chi connectivity index (χ1) is 7.06. The first kappa shape index (κ1) is 10.6. The number of rotatable bonds is 3. The van der Waals surface area contributed by atoms with Crippen LogP contribution in [0.15, 0.2) is 36.3 Å². The Morgan fingerprint density at radius 2 is 2.20 bits per heavy atom. The summed E-state index contributed by atoms with van der Waals surface area (Å²) in [7, 11) is -1.09. The Balaban J connectivity index is 1.95. The number of nitrogens with zero attached hydrogens (tertiary/aromatic N) is 1. The molecule has 0 aromatic carbocycles. The summed E-state index contributed by atoms with van der Waals surface area (Å²) < 4.78 is 5.59. The SMILES string of the molecule is C[Si](C)(C)/C=C/[C@@H]1O[C@@H]1c1cccnc1. The third-order valence-electron chi connectivity index (χ3n) is 2.32. The lowest BCUT2D eigenvalue weighted by Crippen LogP contribution is -2.15. The Morgan fingerprint density at radius 1 is 1.40 bits per heavy atom. The third-order valence-corrected chi connectivity index (χ3v) is 3.52. The first-order valence-corrected chi connectivity index (χ1v) is 8.89. The Hall–Kier alpha value is -0.933. The average Bonchev–Trinajstić information content (AvgIpc) is 2.94. The van der Waals surface area contributed by atoms with Gasteiger partial charge in [0, 0.05) is 18.0 Å². The molecular formula is C12H17NOSi. The molecule has 2 rings (SSSR count). The van der Waals surface area contributed by atoms with E-state index in [2.05, 4.69) is 42.5 Å². The largest absolute Gasteiger partial charge is 0.360 e. The molecule has 2 heterocycles. The highest BCUT2D eigenvalue weighted by Gasteiger charge is 2.38. The molecule has 1 aromatic heterocycles. The van der Waals surface area contributed by atoms with E-state index in [1.807, 2.05) is 12.3 Å². The first-order valence-electron chi connectivity index (χ1n) is 5.31. The second-order valence-corrected chi connectivity index (χ2v) is 10.1. The van der Waals surface area contributed by atoms with Gasteiger partial charge in [-0.05, 0) is 6.07 Å². The molecule has 0 radical (unpaired) electrons. The van der Waals surface area contributed by atoms with Gasteiger partial charge in [0.1, 0.15) is 12.2 Å². The van der Waals surface area contributed by atoms with Crippen LogP contribution in [-0.4, -0.2) is 19.2 Å². The van der Waals surface area contributed by atoms with Gasteiger partial charge in [-0.15, -0.1) is 0 Å². The Morgan fingerprint density at radius 3 is 2.80 bits per heavy atom. The van der Waals surface area contributed by atoms with E-state index in [1.54, 1.807) is 6.20 Å². The Bertz CT molecular complexity index is 356. The molecule has 0 saturated carbocycles. The van der Waals surface area contributed by atoms with E-state index in [9.17, 15) is 0 Å². The highest BCUT2D eigenvalue weighted by atomic mass is 28.3. The van der Waals surface area contributed by atoms with Crippen molar-refractivity contribution < 1.29 is 4.74 Å². The molecule has 2 atom stereocenters. The standard InChI is InChI=1S/C12H17NOSi/c1-15(2,3)8-6-11-12(14-11)10-5-4-7-13-9-10/h4-9,11-12H,1-3H3/b8-6+/t11-,12+/m0/s1. The molecule has 0 aliphatic carbocycles. The minimum atomic E-state index is -1.09. The van der Waals surface area contributed by atoms with E-state index in [0.717, 1.165) is 0 Å². The summed E-state index contributed by atoms with van der Waals surface area (Å²) in [4.78, 5) is 4.09. The second-order valence-electron chi connectivity index (χ2n) is 5.03. The number of aromatic nitrogens is 1. The van der Waals surface area contributed by atoms with E-state index in [1.165, 1.54) is 5.56 Å². The monoisotopic (exact) mass is 219 g/mol. The van der Waals surface area contributed by atoms with Crippen LogP contribution in [-0.2, 0) is 4.74 Å². The molecule has 3 heteroatoms. The number of epoxide rings is 1. The fourth-order valence-electron chi connectivity index (χ4n) is 1.47. The number of ether oxygens (including phenoxy) is 1. The van der Waals surface area contributed by atoms with E-state index in [4.69, 9.17) is 4.74 Å². The predicted molar refractivity (Wildman–Crippen MR) is 64.3 cm³/mol. The zero-order valence-electron chi connectivity index (χ0n) is 9.47. The molecule has 15 heavy (non-hydrogen) atoms. The van der Waals surface area contributed by atoms with Crippen LogP contribution in [0.3, 0.4) is 0 Å². The lowest BCUT2D eigenvalue weighted by atomic mass is 10.2. The van der Waals surface area contributed by atoms with Crippen LogP contribution in [0, 0.1) is 0 Å². The maximum atomic E-state index is 5.59. The third kappa shape index (κ3) is 3.01. The van der Waals surface area contributed by atoms with E-state index in [-0.39, 0.29) is 12.2 Å². The van der Waals surface area contributed by atoms with Gasteiger partial charge in [0.2, 0.25) is 0 Å². The van der Waals surface area contributed by atoms with Crippen LogP contribution in [0.4, 0.5) is 0 Å². The van der Waals surface area contributed by atoms with Crippen molar-refractivity contribution >= 4 is 8.07 Å². The average molecular weight is 219 g/mol. The molecule has 0 bridgehead atoms. The number of hydrogen-bond donors (Lipinski definition) is 0. The summed E-state index contributed by atoms with van der Waals surface area (Å²) in [5, 5.41) is 0. The highest BCUT2D eigenvalue weighted by molar-refractivity contribution is 6.80. The topological polar surface area (TPSA) is 25.4 Å².